The largest absolute Gasteiger partial charge is 0.369 e. The SMILES string of the molecule is Ic1cncnc1NCCc1ncon1. The van der Waals surface area contributed by atoms with E-state index in [1.54, 1.807) is 6.20 Å². The molecule has 0 radical (unpaired) electrons. The van der Waals surface area contributed by atoms with Gasteiger partial charge in [0, 0.05) is 19.2 Å². The summed E-state index contributed by atoms with van der Waals surface area (Å²) in [6.45, 7) is 0.715. The molecule has 2 rings (SSSR count). The van der Waals surface area contributed by atoms with Gasteiger partial charge in [0.05, 0.1) is 3.57 Å². The highest BCUT2D eigenvalue weighted by atomic mass is 127. The topological polar surface area (TPSA) is 76.7 Å². The lowest BCUT2D eigenvalue weighted by Crippen LogP contribution is -2.08. The van der Waals surface area contributed by atoms with Gasteiger partial charge >= 0.3 is 0 Å². The highest BCUT2D eigenvalue weighted by Crippen LogP contribution is 2.11. The molecule has 0 atom stereocenters. The Morgan fingerprint density at radius 1 is 1.40 bits per heavy atom. The van der Waals surface area contributed by atoms with Crippen LogP contribution in [0.3, 0.4) is 0 Å². The molecule has 0 saturated carbocycles. The first kappa shape index (κ1) is 10.3. The molecule has 2 aromatic heterocycles. The second-order valence-electron chi connectivity index (χ2n) is 2.74. The Morgan fingerprint density at radius 2 is 2.33 bits per heavy atom. The average molecular weight is 317 g/mol. The fraction of sp³-hybridized carbons (Fsp3) is 0.250. The number of hydrogen-bond donors (Lipinski definition) is 1. The van der Waals surface area contributed by atoms with E-state index in [9.17, 15) is 0 Å². The highest BCUT2D eigenvalue weighted by Gasteiger charge is 2.01. The second-order valence-corrected chi connectivity index (χ2v) is 3.91. The van der Waals surface area contributed by atoms with Gasteiger partial charge in [-0.1, -0.05) is 5.16 Å². The molecule has 15 heavy (non-hydrogen) atoms. The molecule has 0 aromatic carbocycles. The summed E-state index contributed by atoms with van der Waals surface area (Å²) in [5.74, 6) is 1.51. The molecule has 0 aliphatic carbocycles. The number of anilines is 1. The molecule has 2 heterocycles. The summed E-state index contributed by atoms with van der Waals surface area (Å²) in [6.07, 6.45) is 5.30. The van der Waals surface area contributed by atoms with E-state index in [0.717, 1.165) is 9.39 Å². The van der Waals surface area contributed by atoms with Gasteiger partial charge in [0.1, 0.15) is 12.1 Å². The molecule has 0 fully saturated rings. The molecule has 0 amide bonds. The number of hydrogen-bond acceptors (Lipinski definition) is 6. The molecule has 0 aliphatic rings. The number of nitrogens with one attached hydrogen (secondary N) is 1. The predicted octanol–water partition coefficient (Wildman–Crippen LogP) is 1.12. The van der Waals surface area contributed by atoms with Crippen molar-refractivity contribution in [3.05, 3.63) is 28.3 Å². The Hall–Kier alpha value is -1.25. The van der Waals surface area contributed by atoms with Crippen LogP contribution in [-0.2, 0) is 6.42 Å². The Morgan fingerprint density at radius 3 is 3.07 bits per heavy atom. The molecule has 1 N–H and O–H groups in total. The summed E-state index contributed by atoms with van der Waals surface area (Å²) in [7, 11) is 0. The number of aromatic nitrogens is 4. The van der Waals surface area contributed by atoms with Crippen LogP contribution >= 0.6 is 22.6 Å². The molecule has 0 unspecified atom stereocenters. The number of rotatable bonds is 4. The van der Waals surface area contributed by atoms with Gasteiger partial charge in [-0.15, -0.1) is 0 Å². The van der Waals surface area contributed by atoms with Crippen molar-refractivity contribution in [2.45, 2.75) is 6.42 Å². The summed E-state index contributed by atoms with van der Waals surface area (Å²) in [5.41, 5.74) is 0. The van der Waals surface area contributed by atoms with Crippen molar-refractivity contribution >= 4 is 28.4 Å². The van der Waals surface area contributed by atoms with Gasteiger partial charge in [-0.2, -0.15) is 4.98 Å². The molecule has 6 nitrogen and oxygen atoms in total. The third-order valence-electron chi connectivity index (χ3n) is 1.72. The van der Waals surface area contributed by atoms with Gasteiger partial charge in [-0.3, -0.25) is 0 Å². The van der Waals surface area contributed by atoms with Crippen LogP contribution in [0.2, 0.25) is 0 Å². The Kier molecular flexibility index (Phi) is 3.43. The van der Waals surface area contributed by atoms with Crippen LogP contribution in [-0.4, -0.2) is 26.7 Å². The Bertz CT molecular complexity index is 419. The van der Waals surface area contributed by atoms with Crippen LogP contribution in [0.15, 0.2) is 23.4 Å². The van der Waals surface area contributed by atoms with Crippen LogP contribution in [0.1, 0.15) is 5.82 Å². The zero-order chi connectivity index (χ0) is 10.5. The van der Waals surface area contributed by atoms with Crippen LogP contribution < -0.4 is 5.32 Å². The lowest BCUT2D eigenvalue weighted by Gasteiger charge is -2.04. The molecule has 2 aromatic rings. The molecule has 78 valence electrons. The van der Waals surface area contributed by atoms with Crippen molar-refractivity contribution in [1.82, 2.24) is 20.1 Å². The van der Waals surface area contributed by atoms with Gasteiger partial charge in [0.2, 0.25) is 6.39 Å². The van der Waals surface area contributed by atoms with Crippen molar-refractivity contribution in [2.75, 3.05) is 11.9 Å². The average Bonchev–Trinajstić information content (AvgIpc) is 2.74. The third-order valence-corrected chi connectivity index (χ3v) is 2.51. The number of halogens is 1. The minimum Gasteiger partial charge on any atom is -0.369 e. The van der Waals surface area contributed by atoms with E-state index in [0.29, 0.717) is 18.8 Å². The van der Waals surface area contributed by atoms with Crippen molar-refractivity contribution in [3.8, 4) is 0 Å². The van der Waals surface area contributed by atoms with E-state index in [4.69, 9.17) is 0 Å². The van der Waals surface area contributed by atoms with Crippen LogP contribution in [0.4, 0.5) is 5.82 Å². The van der Waals surface area contributed by atoms with Gasteiger partial charge in [0.15, 0.2) is 5.82 Å². The minimum absolute atomic E-state index is 0.687. The van der Waals surface area contributed by atoms with Gasteiger partial charge < -0.3 is 9.84 Å². The summed E-state index contributed by atoms with van der Waals surface area (Å²) in [4.78, 5) is 11.9. The van der Waals surface area contributed by atoms with Crippen molar-refractivity contribution in [1.29, 1.82) is 0 Å². The van der Waals surface area contributed by atoms with Crippen LogP contribution in [0.5, 0.6) is 0 Å². The van der Waals surface area contributed by atoms with Gasteiger partial charge in [-0.25, -0.2) is 9.97 Å². The summed E-state index contributed by atoms with van der Waals surface area (Å²) in [6, 6.07) is 0. The minimum atomic E-state index is 0.687. The van der Waals surface area contributed by atoms with E-state index < -0.39 is 0 Å². The van der Waals surface area contributed by atoms with E-state index >= 15 is 0 Å². The molecule has 0 aliphatic heterocycles. The first-order chi connectivity index (χ1) is 7.36. The van der Waals surface area contributed by atoms with E-state index in [-0.39, 0.29) is 0 Å². The fourth-order valence-corrected chi connectivity index (χ4v) is 1.53. The molecule has 0 bridgehead atoms. The standard InChI is InChI=1S/C8H8IN5O/c9-6-3-10-4-12-8(6)11-2-1-7-13-5-15-14-7/h3-5H,1-2H2,(H,10,11,12). The monoisotopic (exact) mass is 317 g/mol. The molecule has 0 spiro atoms. The van der Waals surface area contributed by atoms with Crippen molar-refractivity contribution in [2.24, 2.45) is 0 Å². The van der Waals surface area contributed by atoms with Crippen molar-refractivity contribution in [3.63, 3.8) is 0 Å². The lowest BCUT2D eigenvalue weighted by atomic mass is 10.4. The second kappa shape index (κ2) is 5.01. The maximum atomic E-state index is 4.62. The lowest BCUT2D eigenvalue weighted by molar-refractivity contribution is 0.410. The van der Waals surface area contributed by atoms with E-state index in [1.165, 1.54) is 12.7 Å². The normalized spacial score (nSPS) is 10.2. The zero-order valence-corrected chi connectivity index (χ0v) is 9.88. The van der Waals surface area contributed by atoms with Crippen LogP contribution in [0.25, 0.3) is 0 Å². The predicted molar refractivity (Wildman–Crippen MR) is 61.2 cm³/mol. The summed E-state index contributed by atoms with van der Waals surface area (Å²) in [5, 5.41) is 6.88. The summed E-state index contributed by atoms with van der Waals surface area (Å²) >= 11 is 2.18. The Balaban J connectivity index is 1.86. The van der Waals surface area contributed by atoms with E-state index in [1.807, 2.05) is 0 Å². The van der Waals surface area contributed by atoms with E-state index in [2.05, 4.69) is 52.5 Å². The van der Waals surface area contributed by atoms with Crippen molar-refractivity contribution < 1.29 is 4.52 Å². The van der Waals surface area contributed by atoms with Gasteiger partial charge in [-0.05, 0) is 22.6 Å². The fourth-order valence-electron chi connectivity index (χ4n) is 1.04. The molecular formula is C8H8IN5O. The molecule has 7 heteroatoms. The quantitative estimate of drug-likeness (QED) is 0.852. The first-order valence-corrected chi connectivity index (χ1v) is 5.39. The smallest absolute Gasteiger partial charge is 0.213 e. The maximum absolute atomic E-state index is 4.62. The van der Waals surface area contributed by atoms with Gasteiger partial charge in [0.25, 0.3) is 0 Å². The zero-order valence-electron chi connectivity index (χ0n) is 7.72. The first-order valence-electron chi connectivity index (χ1n) is 4.31. The molecular weight excluding hydrogens is 309 g/mol. The summed E-state index contributed by atoms with van der Waals surface area (Å²) < 4.78 is 5.61. The maximum Gasteiger partial charge on any atom is 0.213 e. The van der Waals surface area contributed by atoms with Crippen LogP contribution in [0, 0.1) is 3.57 Å². The molecule has 0 saturated heterocycles. The number of nitrogens with zero attached hydrogens (tertiary/aromatic N) is 4. The highest BCUT2D eigenvalue weighted by molar-refractivity contribution is 14.1. The third kappa shape index (κ3) is 2.85. The Labute approximate surface area is 99.7 Å².